The molecule has 7 atom stereocenters. The van der Waals surface area contributed by atoms with Crippen molar-refractivity contribution in [3.8, 4) is 0 Å². The lowest BCUT2D eigenvalue weighted by molar-refractivity contribution is -0.231. The predicted molar refractivity (Wildman–Crippen MR) is 186 cm³/mol. The standard InChI is InChI=1S/C40H66O6/c1-25(2)22-29-14-16-30(17-15-29)27(5)37(42)44-24-31-19-21-34(40(12,13)38(7,8)9)35(45-31)33-20-18-32(23-43-28(6)41)46-36(33)39(10,11)26(3)4/h14-17,25-27,31-36H,18-24H2,1-13H3. The van der Waals surface area contributed by atoms with Crippen LogP contribution in [0.4, 0.5) is 0 Å². The predicted octanol–water partition coefficient (Wildman–Crippen LogP) is 9.18. The van der Waals surface area contributed by atoms with Crippen molar-refractivity contribution in [1.29, 1.82) is 0 Å². The van der Waals surface area contributed by atoms with Gasteiger partial charge in [-0.2, -0.15) is 0 Å². The highest BCUT2D eigenvalue weighted by Crippen LogP contribution is 2.54. The summed E-state index contributed by atoms with van der Waals surface area (Å²) in [6.07, 6.45) is 4.24. The maximum absolute atomic E-state index is 13.3. The molecule has 6 nitrogen and oxygen atoms in total. The molecule has 262 valence electrons. The Balaban J connectivity index is 1.82. The van der Waals surface area contributed by atoms with Gasteiger partial charge in [-0.3, -0.25) is 9.59 Å². The Kier molecular flexibility index (Phi) is 13.0. The van der Waals surface area contributed by atoms with E-state index in [1.165, 1.54) is 12.5 Å². The molecular formula is C40H66O6. The van der Waals surface area contributed by atoms with E-state index in [4.69, 9.17) is 18.9 Å². The van der Waals surface area contributed by atoms with Crippen LogP contribution in [0.5, 0.6) is 0 Å². The molecule has 2 aliphatic heterocycles. The van der Waals surface area contributed by atoms with E-state index >= 15 is 0 Å². The van der Waals surface area contributed by atoms with Gasteiger partial charge < -0.3 is 18.9 Å². The second kappa shape index (κ2) is 15.5. The van der Waals surface area contributed by atoms with Gasteiger partial charge in [0.2, 0.25) is 0 Å². The molecule has 0 N–H and O–H groups in total. The number of carbonyl (C=O) groups is 2. The van der Waals surface area contributed by atoms with E-state index in [0.29, 0.717) is 17.8 Å². The minimum atomic E-state index is -0.336. The van der Waals surface area contributed by atoms with E-state index in [9.17, 15) is 9.59 Å². The lowest BCUT2D eigenvalue weighted by Crippen LogP contribution is -2.58. The molecule has 2 aliphatic rings. The summed E-state index contributed by atoms with van der Waals surface area (Å²) in [5.74, 6) is 0.631. The Hall–Kier alpha value is -1.92. The highest BCUT2D eigenvalue weighted by molar-refractivity contribution is 5.77. The number of rotatable bonds is 12. The van der Waals surface area contributed by atoms with Crippen molar-refractivity contribution in [2.75, 3.05) is 13.2 Å². The maximum Gasteiger partial charge on any atom is 0.313 e. The summed E-state index contributed by atoms with van der Waals surface area (Å²) in [6.45, 7) is 29.2. The molecule has 0 amide bonds. The van der Waals surface area contributed by atoms with Crippen molar-refractivity contribution in [3.05, 3.63) is 35.4 Å². The Morgan fingerprint density at radius 2 is 1.37 bits per heavy atom. The Morgan fingerprint density at radius 1 is 0.804 bits per heavy atom. The molecule has 3 rings (SSSR count). The molecule has 0 bridgehead atoms. The van der Waals surface area contributed by atoms with Crippen LogP contribution >= 0.6 is 0 Å². The van der Waals surface area contributed by atoms with Crippen LogP contribution in [-0.2, 0) is 35.0 Å². The van der Waals surface area contributed by atoms with E-state index in [0.717, 1.165) is 37.7 Å². The van der Waals surface area contributed by atoms with Gasteiger partial charge in [-0.25, -0.2) is 0 Å². The zero-order valence-electron chi connectivity index (χ0n) is 31.4. The Morgan fingerprint density at radius 3 is 1.91 bits per heavy atom. The Bertz CT molecular complexity index is 1130. The van der Waals surface area contributed by atoms with Crippen LogP contribution in [-0.4, -0.2) is 49.6 Å². The van der Waals surface area contributed by atoms with E-state index in [1.54, 1.807) is 0 Å². The summed E-state index contributed by atoms with van der Waals surface area (Å²) in [5.41, 5.74) is 2.20. The number of benzene rings is 1. The molecule has 46 heavy (non-hydrogen) atoms. The van der Waals surface area contributed by atoms with Crippen molar-refractivity contribution < 1.29 is 28.5 Å². The van der Waals surface area contributed by atoms with Gasteiger partial charge in [0.25, 0.3) is 0 Å². The molecule has 0 spiro atoms. The topological polar surface area (TPSA) is 71.1 Å². The summed E-state index contributed by atoms with van der Waals surface area (Å²) < 4.78 is 25.4. The molecule has 1 aromatic carbocycles. The zero-order chi connectivity index (χ0) is 34.6. The first-order valence-corrected chi connectivity index (χ1v) is 17.9. The second-order valence-electron chi connectivity index (χ2n) is 17.3. The highest BCUT2D eigenvalue weighted by Gasteiger charge is 2.54. The molecule has 7 unspecified atom stereocenters. The van der Waals surface area contributed by atoms with Gasteiger partial charge in [0, 0.05) is 12.8 Å². The maximum atomic E-state index is 13.3. The van der Waals surface area contributed by atoms with Gasteiger partial charge in [0.15, 0.2) is 0 Å². The lowest BCUT2D eigenvalue weighted by atomic mass is 9.56. The number of esters is 2. The van der Waals surface area contributed by atoms with Crippen LogP contribution in [0.15, 0.2) is 24.3 Å². The van der Waals surface area contributed by atoms with Crippen molar-refractivity contribution in [1.82, 2.24) is 0 Å². The first-order chi connectivity index (χ1) is 21.2. The molecule has 2 saturated heterocycles. The van der Waals surface area contributed by atoms with Crippen molar-refractivity contribution in [2.45, 2.75) is 152 Å². The third-order valence-corrected chi connectivity index (χ3v) is 12.0. The average Bonchev–Trinajstić information content (AvgIpc) is 2.97. The normalized spacial score (nSPS) is 27.0. The number of hydrogen-bond donors (Lipinski definition) is 0. The minimum Gasteiger partial charge on any atom is -0.463 e. The summed E-state index contributed by atoms with van der Waals surface area (Å²) in [5, 5.41) is 0. The van der Waals surface area contributed by atoms with E-state index in [1.807, 2.05) is 6.92 Å². The summed E-state index contributed by atoms with van der Waals surface area (Å²) in [7, 11) is 0. The average molecular weight is 643 g/mol. The van der Waals surface area contributed by atoms with Crippen LogP contribution in [0.25, 0.3) is 0 Å². The van der Waals surface area contributed by atoms with Crippen molar-refractivity contribution in [3.63, 3.8) is 0 Å². The molecule has 0 aromatic heterocycles. The van der Waals surface area contributed by atoms with Crippen LogP contribution < -0.4 is 0 Å². The summed E-state index contributed by atoms with van der Waals surface area (Å²) in [6, 6.07) is 8.38. The first kappa shape index (κ1) is 38.5. The van der Waals surface area contributed by atoms with Crippen molar-refractivity contribution in [2.24, 2.45) is 39.9 Å². The number of hydrogen-bond acceptors (Lipinski definition) is 6. The monoisotopic (exact) mass is 642 g/mol. The molecule has 0 aliphatic carbocycles. The second-order valence-corrected chi connectivity index (χ2v) is 17.3. The highest BCUT2D eigenvalue weighted by atomic mass is 16.6. The molecule has 2 heterocycles. The fourth-order valence-corrected chi connectivity index (χ4v) is 7.25. The van der Waals surface area contributed by atoms with E-state index < -0.39 is 0 Å². The largest absolute Gasteiger partial charge is 0.463 e. The van der Waals surface area contributed by atoms with Crippen LogP contribution in [0.3, 0.4) is 0 Å². The van der Waals surface area contributed by atoms with Crippen LogP contribution in [0.1, 0.15) is 133 Å². The quantitative estimate of drug-likeness (QED) is 0.212. The zero-order valence-corrected chi connectivity index (χ0v) is 31.4. The first-order valence-electron chi connectivity index (χ1n) is 17.9. The number of ether oxygens (including phenoxy) is 4. The molecule has 0 saturated carbocycles. The lowest BCUT2D eigenvalue weighted by Gasteiger charge is -2.56. The summed E-state index contributed by atoms with van der Waals surface area (Å²) >= 11 is 0. The van der Waals surface area contributed by atoms with Gasteiger partial charge in [0.1, 0.15) is 13.2 Å². The molecule has 6 heteroatoms. The molecule has 2 fully saturated rings. The van der Waals surface area contributed by atoms with Crippen molar-refractivity contribution >= 4 is 11.9 Å². The van der Waals surface area contributed by atoms with Crippen LogP contribution in [0.2, 0.25) is 0 Å². The van der Waals surface area contributed by atoms with E-state index in [-0.39, 0.29) is 77.6 Å². The third-order valence-electron chi connectivity index (χ3n) is 12.0. The van der Waals surface area contributed by atoms with Gasteiger partial charge in [0.05, 0.1) is 30.3 Å². The SMILES string of the molecule is CC(=O)OCC1CCC(C2OC(COC(=O)C(C)c3ccc(CC(C)C)cc3)CCC2C(C)(C)C(C)(C)C)C(C(C)(C)C(C)C)O1. The molecule has 1 aromatic rings. The van der Waals surface area contributed by atoms with Gasteiger partial charge in [-0.15, -0.1) is 0 Å². The molecular weight excluding hydrogens is 576 g/mol. The van der Waals surface area contributed by atoms with E-state index in [2.05, 4.69) is 100 Å². The smallest absolute Gasteiger partial charge is 0.313 e. The fraction of sp³-hybridized carbons (Fsp3) is 0.800. The van der Waals surface area contributed by atoms with Gasteiger partial charge in [-0.05, 0) is 84.2 Å². The van der Waals surface area contributed by atoms with Gasteiger partial charge in [-0.1, -0.05) is 100 Å². The minimum absolute atomic E-state index is 0.00330. The number of carbonyl (C=O) groups excluding carboxylic acids is 2. The van der Waals surface area contributed by atoms with Crippen LogP contribution in [0, 0.1) is 39.9 Å². The fourth-order valence-electron chi connectivity index (χ4n) is 7.25. The summed E-state index contributed by atoms with van der Waals surface area (Å²) in [4.78, 5) is 24.9. The molecule has 0 radical (unpaired) electrons. The third kappa shape index (κ3) is 9.36. The van der Waals surface area contributed by atoms with Gasteiger partial charge >= 0.3 is 11.9 Å². The Labute approximate surface area is 281 Å².